The van der Waals surface area contributed by atoms with Crippen molar-refractivity contribution >= 4 is 11.3 Å². The summed E-state index contributed by atoms with van der Waals surface area (Å²) < 4.78 is 0. The third-order valence-corrected chi connectivity index (χ3v) is 4.35. The standard InChI is InChI=1S/C15H28N2S/c1-5-8-9-13(6-2)10-14(16-7-3)15-11-18-12(4)17-15/h11,13-14,16H,5-10H2,1-4H3. The van der Waals surface area contributed by atoms with Gasteiger partial charge in [-0.3, -0.25) is 0 Å². The van der Waals surface area contributed by atoms with E-state index in [4.69, 9.17) is 0 Å². The second kappa shape index (κ2) is 8.65. The Hall–Kier alpha value is -0.410. The fraction of sp³-hybridized carbons (Fsp3) is 0.800. The first-order chi connectivity index (χ1) is 8.71. The molecule has 1 N–H and O–H groups in total. The lowest BCUT2D eigenvalue weighted by molar-refractivity contribution is 0.353. The summed E-state index contributed by atoms with van der Waals surface area (Å²) in [5.74, 6) is 0.830. The summed E-state index contributed by atoms with van der Waals surface area (Å²) in [6.45, 7) is 9.88. The lowest BCUT2D eigenvalue weighted by Gasteiger charge is -2.22. The first-order valence-electron chi connectivity index (χ1n) is 7.36. The van der Waals surface area contributed by atoms with Crippen molar-refractivity contribution in [1.82, 2.24) is 10.3 Å². The molecule has 0 radical (unpaired) electrons. The van der Waals surface area contributed by atoms with Crippen molar-refractivity contribution in [3.8, 4) is 0 Å². The third kappa shape index (κ3) is 5.07. The van der Waals surface area contributed by atoms with Gasteiger partial charge in [0.05, 0.1) is 16.7 Å². The van der Waals surface area contributed by atoms with E-state index in [2.05, 4.69) is 43.4 Å². The van der Waals surface area contributed by atoms with Crippen LogP contribution in [0.2, 0.25) is 0 Å². The molecule has 0 bridgehead atoms. The van der Waals surface area contributed by atoms with Crippen LogP contribution in [0.15, 0.2) is 5.38 Å². The van der Waals surface area contributed by atoms with Gasteiger partial charge in [0.15, 0.2) is 0 Å². The second-order valence-electron chi connectivity index (χ2n) is 5.05. The summed E-state index contributed by atoms with van der Waals surface area (Å²) in [5, 5.41) is 6.99. The van der Waals surface area contributed by atoms with Crippen molar-refractivity contribution in [2.75, 3.05) is 6.54 Å². The Morgan fingerprint density at radius 3 is 2.61 bits per heavy atom. The highest BCUT2D eigenvalue weighted by molar-refractivity contribution is 7.09. The van der Waals surface area contributed by atoms with Gasteiger partial charge in [-0.25, -0.2) is 4.98 Å². The predicted octanol–water partition coefficient (Wildman–Crippen LogP) is 4.71. The largest absolute Gasteiger partial charge is 0.309 e. The maximum absolute atomic E-state index is 4.65. The zero-order valence-corrected chi connectivity index (χ0v) is 13.1. The van der Waals surface area contributed by atoms with E-state index in [1.165, 1.54) is 42.8 Å². The van der Waals surface area contributed by atoms with Gasteiger partial charge in [0.25, 0.3) is 0 Å². The van der Waals surface area contributed by atoms with Gasteiger partial charge in [-0.1, -0.05) is 46.5 Å². The summed E-state index contributed by atoms with van der Waals surface area (Å²) in [5.41, 5.74) is 1.24. The van der Waals surface area contributed by atoms with Gasteiger partial charge in [-0.2, -0.15) is 0 Å². The number of thiazole rings is 1. The molecule has 3 heteroatoms. The Morgan fingerprint density at radius 1 is 1.33 bits per heavy atom. The summed E-state index contributed by atoms with van der Waals surface area (Å²) in [6.07, 6.45) is 6.53. The van der Waals surface area contributed by atoms with Gasteiger partial charge in [0.2, 0.25) is 0 Å². The molecule has 0 amide bonds. The maximum Gasteiger partial charge on any atom is 0.0898 e. The lowest BCUT2D eigenvalue weighted by Crippen LogP contribution is -2.23. The fourth-order valence-electron chi connectivity index (χ4n) is 2.41. The van der Waals surface area contributed by atoms with Gasteiger partial charge in [-0.15, -0.1) is 11.3 Å². The molecule has 1 aromatic rings. The number of aryl methyl sites for hydroxylation is 1. The molecule has 0 saturated carbocycles. The van der Waals surface area contributed by atoms with Gasteiger partial charge < -0.3 is 5.32 Å². The Kier molecular flexibility index (Phi) is 7.52. The minimum atomic E-state index is 0.446. The van der Waals surface area contributed by atoms with Crippen LogP contribution in [-0.2, 0) is 0 Å². The Balaban J connectivity index is 2.60. The van der Waals surface area contributed by atoms with Crippen molar-refractivity contribution < 1.29 is 0 Å². The molecule has 0 fully saturated rings. The smallest absolute Gasteiger partial charge is 0.0898 e. The molecule has 2 unspecified atom stereocenters. The number of aromatic nitrogens is 1. The first kappa shape index (κ1) is 15.6. The van der Waals surface area contributed by atoms with E-state index >= 15 is 0 Å². The number of rotatable bonds is 9. The summed E-state index contributed by atoms with van der Waals surface area (Å²) in [6, 6.07) is 0.446. The van der Waals surface area contributed by atoms with E-state index in [-0.39, 0.29) is 0 Å². The summed E-state index contributed by atoms with van der Waals surface area (Å²) in [4.78, 5) is 4.65. The lowest BCUT2D eigenvalue weighted by atomic mass is 9.91. The molecule has 0 aliphatic heterocycles. The molecule has 0 aromatic carbocycles. The average Bonchev–Trinajstić information content (AvgIpc) is 2.80. The zero-order chi connectivity index (χ0) is 13.4. The minimum absolute atomic E-state index is 0.446. The van der Waals surface area contributed by atoms with Crippen molar-refractivity contribution in [1.29, 1.82) is 0 Å². The highest BCUT2D eigenvalue weighted by atomic mass is 32.1. The van der Waals surface area contributed by atoms with Crippen LogP contribution in [0.25, 0.3) is 0 Å². The molecule has 1 heterocycles. The zero-order valence-electron chi connectivity index (χ0n) is 12.3. The van der Waals surface area contributed by atoms with E-state index in [9.17, 15) is 0 Å². The van der Waals surface area contributed by atoms with Crippen molar-refractivity contribution in [2.45, 2.75) is 65.8 Å². The normalized spacial score (nSPS) is 14.7. The van der Waals surface area contributed by atoms with Gasteiger partial charge >= 0.3 is 0 Å². The van der Waals surface area contributed by atoms with E-state index in [0.717, 1.165) is 12.5 Å². The molecule has 0 saturated heterocycles. The van der Waals surface area contributed by atoms with E-state index in [0.29, 0.717) is 6.04 Å². The molecular formula is C15H28N2S. The maximum atomic E-state index is 4.65. The highest BCUT2D eigenvalue weighted by Gasteiger charge is 2.18. The third-order valence-electron chi connectivity index (χ3n) is 3.56. The van der Waals surface area contributed by atoms with Crippen LogP contribution < -0.4 is 5.32 Å². The SMILES string of the molecule is CCCCC(CC)CC(NCC)c1csc(C)n1. The second-order valence-corrected chi connectivity index (χ2v) is 6.12. The average molecular weight is 268 g/mol. The number of unbranched alkanes of at least 4 members (excludes halogenated alkanes) is 1. The molecular weight excluding hydrogens is 240 g/mol. The number of hydrogen-bond donors (Lipinski definition) is 1. The molecule has 1 rings (SSSR count). The molecule has 2 nitrogen and oxygen atoms in total. The number of nitrogens with zero attached hydrogens (tertiary/aromatic N) is 1. The van der Waals surface area contributed by atoms with Crippen LogP contribution in [0.4, 0.5) is 0 Å². The summed E-state index contributed by atoms with van der Waals surface area (Å²) >= 11 is 1.76. The van der Waals surface area contributed by atoms with Crippen LogP contribution in [-0.4, -0.2) is 11.5 Å². The van der Waals surface area contributed by atoms with Crippen molar-refractivity contribution in [3.63, 3.8) is 0 Å². The number of hydrogen-bond acceptors (Lipinski definition) is 3. The number of nitrogens with one attached hydrogen (secondary N) is 1. The highest BCUT2D eigenvalue weighted by Crippen LogP contribution is 2.27. The van der Waals surface area contributed by atoms with Gasteiger partial charge in [0, 0.05) is 5.38 Å². The van der Waals surface area contributed by atoms with E-state index < -0.39 is 0 Å². The molecule has 1 aromatic heterocycles. The Morgan fingerprint density at radius 2 is 2.11 bits per heavy atom. The van der Waals surface area contributed by atoms with Crippen LogP contribution in [0, 0.1) is 12.8 Å². The first-order valence-corrected chi connectivity index (χ1v) is 8.24. The van der Waals surface area contributed by atoms with Gasteiger partial charge in [0.1, 0.15) is 0 Å². The molecule has 104 valence electrons. The molecule has 18 heavy (non-hydrogen) atoms. The summed E-state index contributed by atoms with van der Waals surface area (Å²) in [7, 11) is 0. The molecule has 0 aliphatic carbocycles. The molecule has 2 atom stereocenters. The monoisotopic (exact) mass is 268 g/mol. The van der Waals surface area contributed by atoms with Gasteiger partial charge in [-0.05, 0) is 25.8 Å². The topological polar surface area (TPSA) is 24.9 Å². The van der Waals surface area contributed by atoms with Crippen molar-refractivity contribution in [3.05, 3.63) is 16.1 Å². The van der Waals surface area contributed by atoms with E-state index in [1.54, 1.807) is 11.3 Å². The van der Waals surface area contributed by atoms with Crippen LogP contribution in [0.1, 0.15) is 69.6 Å². The predicted molar refractivity (Wildman–Crippen MR) is 81.2 cm³/mol. The van der Waals surface area contributed by atoms with Crippen LogP contribution in [0.3, 0.4) is 0 Å². The van der Waals surface area contributed by atoms with Crippen LogP contribution >= 0.6 is 11.3 Å². The Labute approximate surface area is 116 Å². The fourth-order valence-corrected chi connectivity index (χ4v) is 3.08. The van der Waals surface area contributed by atoms with E-state index in [1.807, 2.05) is 0 Å². The molecule has 0 spiro atoms. The quantitative estimate of drug-likeness (QED) is 0.701. The minimum Gasteiger partial charge on any atom is -0.309 e. The van der Waals surface area contributed by atoms with Crippen LogP contribution in [0.5, 0.6) is 0 Å². The molecule has 0 aliphatic rings. The van der Waals surface area contributed by atoms with Crippen molar-refractivity contribution in [2.24, 2.45) is 5.92 Å². The Bertz CT molecular complexity index is 322.